The second-order valence-corrected chi connectivity index (χ2v) is 7.16. The van der Waals surface area contributed by atoms with E-state index in [-0.39, 0.29) is 0 Å². The van der Waals surface area contributed by atoms with Gasteiger partial charge in [-0.05, 0) is 56.1 Å². The van der Waals surface area contributed by atoms with Crippen LogP contribution in [0.4, 0.5) is 5.82 Å². The van der Waals surface area contributed by atoms with Crippen LogP contribution in [0.1, 0.15) is 11.4 Å². The molecule has 0 N–H and O–H groups in total. The number of rotatable bonds is 5. The number of imidazole rings is 1. The van der Waals surface area contributed by atoms with Gasteiger partial charge in [0.2, 0.25) is 0 Å². The van der Waals surface area contributed by atoms with Crippen molar-refractivity contribution in [3.63, 3.8) is 0 Å². The maximum Gasteiger partial charge on any atom is 0.147 e. The van der Waals surface area contributed by atoms with Gasteiger partial charge in [0.1, 0.15) is 11.6 Å². The zero-order valence-electron chi connectivity index (χ0n) is 16.3. The number of halogens is 1. The Labute approximate surface area is 175 Å². The van der Waals surface area contributed by atoms with Crippen LogP contribution in [-0.4, -0.2) is 47.6 Å². The Morgan fingerprint density at radius 1 is 1.14 bits per heavy atom. The van der Waals surface area contributed by atoms with Crippen molar-refractivity contribution in [2.24, 2.45) is 4.99 Å². The lowest BCUT2D eigenvalue weighted by Gasteiger charge is -2.27. The molecule has 1 aliphatic rings. The third-order valence-electron chi connectivity index (χ3n) is 4.91. The first kappa shape index (κ1) is 19.4. The Morgan fingerprint density at radius 2 is 1.90 bits per heavy atom. The van der Waals surface area contributed by atoms with Gasteiger partial charge in [0, 0.05) is 47.5 Å². The van der Waals surface area contributed by atoms with E-state index in [4.69, 9.17) is 21.3 Å². The fraction of sp³-hybridized carbons (Fsp3) is 0.227. The van der Waals surface area contributed by atoms with Gasteiger partial charge >= 0.3 is 0 Å². The lowest BCUT2D eigenvalue weighted by Crippen LogP contribution is -2.36. The summed E-state index contributed by atoms with van der Waals surface area (Å²) in [4.78, 5) is 15.6. The smallest absolute Gasteiger partial charge is 0.147 e. The minimum absolute atomic E-state index is 0.695. The molecule has 0 atom stereocenters. The van der Waals surface area contributed by atoms with E-state index in [1.807, 2.05) is 49.5 Å². The monoisotopic (exact) mass is 407 g/mol. The van der Waals surface area contributed by atoms with Gasteiger partial charge < -0.3 is 9.64 Å². The molecule has 1 fully saturated rings. The van der Waals surface area contributed by atoms with Gasteiger partial charge in [-0.15, -0.1) is 0 Å². The van der Waals surface area contributed by atoms with Gasteiger partial charge in [0.15, 0.2) is 0 Å². The van der Waals surface area contributed by atoms with Crippen molar-refractivity contribution in [3.05, 3.63) is 65.2 Å². The number of morpholine rings is 1. The van der Waals surface area contributed by atoms with Crippen molar-refractivity contribution < 1.29 is 4.74 Å². The molecular weight excluding hydrogens is 386 g/mol. The van der Waals surface area contributed by atoms with Crippen LogP contribution < -0.4 is 4.90 Å². The van der Waals surface area contributed by atoms with E-state index < -0.39 is 0 Å². The first-order valence-electron chi connectivity index (χ1n) is 9.44. The summed E-state index contributed by atoms with van der Waals surface area (Å²) in [6, 6.07) is 11.8. The second kappa shape index (κ2) is 8.59. The zero-order chi connectivity index (χ0) is 20.2. The fourth-order valence-electron chi connectivity index (χ4n) is 3.40. The Balaban J connectivity index is 1.76. The summed E-state index contributed by atoms with van der Waals surface area (Å²) in [6.45, 7) is 8.71. The predicted octanol–water partition coefficient (Wildman–Crippen LogP) is 4.40. The van der Waals surface area contributed by atoms with Crippen molar-refractivity contribution in [2.45, 2.75) is 6.92 Å². The van der Waals surface area contributed by atoms with E-state index in [1.165, 1.54) is 0 Å². The average Bonchev–Trinajstić information content (AvgIpc) is 3.10. The molecule has 29 heavy (non-hydrogen) atoms. The van der Waals surface area contributed by atoms with Crippen molar-refractivity contribution in [1.82, 2.24) is 14.5 Å². The van der Waals surface area contributed by atoms with Gasteiger partial charge in [-0.3, -0.25) is 9.56 Å². The highest BCUT2D eigenvalue weighted by molar-refractivity contribution is 6.30. The van der Waals surface area contributed by atoms with E-state index >= 15 is 0 Å². The molecule has 0 radical (unpaired) electrons. The molecule has 1 aliphatic heterocycles. The van der Waals surface area contributed by atoms with Crippen molar-refractivity contribution in [3.8, 4) is 17.1 Å². The number of pyridine rings is 1. The second-order valence-electron chi connectivity index (χ2n) is 6.72. The molecule has 0 spiro atoms. The van der Waals surface area contributed by atoms with Gasteiger partial charge in [-0.1, -0.05) is 11.6 Å². The first-order valence-corrected chi connectivity index (χ1v) is 9.82. The molecule has 7 heteroatoms. The maximum absolute atomic E-state index is 6.08. The largest absolute Gasteiger partial charge is 0.378 e. The molecule has 3 aromatic rings. The molecule has 3 heterocycles. The minimum atomic E-state index is 0.695. The highest BCUT2D eigenvalue weighted by Gasteiger charge is 2.17. The summed E-state index contributed by atoms with van der Waals surface area (Å²) in [5.41, 5.74) is 3.75. The minimum Gasteiger partial charge on any atom is -0.378 e. The molecule has 1 aromatic carbocycles. The van der Waals surface area contributed by atoms with Gasteiger partial charge in [0.25, 0.3) is 0 Å². The SMILES string of the molecule is C=N/C=C\c1nc(-c2ccc(N3CCOCC3)nc2)n(-c2ccc(Cl)cc2)c1C. The number of hydrogen-bond donors (Lipinski definition) is 0. The van der Waals surface area contributed by atoms with Gasteiger partial charge in [-0.2, -0.15) is 0 Å². The zero-order valence-corrected chi connectivity index (χ0v) is 17.0. The Bertz CT molecular complexity index is 1020. The van der Waals surface area contributed by atoms with Gasteiger partial charge in [0.05, 0.1) is 18.9 Å². The number of nitrogens with zero attached hydrogens (tertiary/aromatic N) is 5. The molecule has 0 saturated carbocycles. The summed E-state index contributed by atoms with van der Waals surface area (Å²) in [7, 11) is 0. The lowest BCUT2D eigenvalue weighted by atomic mass is 10.2. The average molecular weight is 408 g/mol. The number of aromatic nitrogens is 3. The number of anilines is 1. The van der Waals surface area contributed by atoms with Crippen LogP contribution in [0.15, 0.2) is 53.8 Å². The molecule has 2 aromatic heterocycles. The van der Waals surface area contributed by atoms with E-state index in [9.17, 15) is 0 Å². The number of ether oxygens (including phenoxy) is 1. The third kappa shape index (κ3) is 4.09. The highest BCUT2D eigenvalue weighted by atomic mass is 35.5. The predicted molar refractivity (Wildman–Crippen MR) is 118 cm³/mol. The molecule has 0 bridgehead atoms. The van der Waals surface area contributed by atoms with E-state index in [0.29, 0.717) is 5.02 Å². The van der Waals surface area contributed by atoms with Gasteiger partial charge in [-0.25, -0.2) is 9.97 Å². The molecule has 148 valence electrons. The van der Waals surface area contributed by atoms with Crippen molar-refractivity contribution >= 4 is 30.2 Å². The summed E-state index contributed by atoms with van der Waals surface area (Å²) in [5.74, 6) is 1.77. The third-order valence-corrected chi connectivity index (χ3v) is 5.16. The van der Waals surface area contributed by atoms with E-state index in [0.717, 1.165) is 60.6 Å². The van der Waals surface area contributed by atoms with Crippen LogP contribution >= 0.6 is 11.6 Å². The van der Waals surface area contributed by atoms with Crippen molar-refractivity contribution in [1.29, 1.82) is 0 Å². The molecule has 0 amide bonds. The highest BCUT2D eigenvalue weighted by Crippen LogP contribution is 2.28. The Kier molecular flexibility index (Phi) is 5.74. The fourth-order valence-corrected chi connectivity index (χ4v) is 3.52. The van der Waals surface area contributed by atoms with Crippen LogP contribution in [-0.2, 0) is 4.74 Å². The standard InChI is InChI=1S/C22H22ClN5O/c1-16-20(9-10-24-2)26-22(28(16)19-6-4-18(23)5-7-19)17-3-8-21(25-15-17)27-11-13-29-14-12-27/h3-10,15H,2,11-14H2,1H3/b10-9-. The Hall–Kier alpha value is -2.96. The van der Waals surface area contributed by atoms with Crippen molar-refractivity contribution in [2.75, 3.05) is 31.2 Å². The van der Waals surface area contributed by atoms with Crippen LogP contribution in [0, 0.1) is 6.92 Å². The van der Waals surface area contributed by atoms with E-state index in [2.05, 4.69) is 32.2 Å². The number of hydrogen-bond acceptors (Lipinski definition) is 5. The summed E-state index contributed by atoms with van der Waals surface area (Å²) in [5, 5.41) is 0.695. The van der Waals surface area contributed by atoms with Crippen LogP contribution in [0.2, 0.25) is 5.02 Å². The van der Waals surface area contributed by atoms with Crippen LogP contribution in [0.5, 0.6) is 0 Å². The molecule has 0 unspecified atom stereocenters. The first-order chi connectivity index (χ1) is 14.2. The lowest BCUT2D eigenvalue weighted by molar-refractivity contribution is 0.122. The summed E-state index contributed by atoms with van der Waals surface area (Å²) in [6.07, 6.45) is 5.37. The quantitative estimate of drug-likeness (QED) is 0.588. The molecule has 6 nitrogen and oxygen atoms in total. The molecule has 4 rings (SSSR count). The summed E-state index contributed by atoms with van der Waals surface area (Å²) < 4.78 is 7.53. The Morgan fingerprint density at radius 3 is 2.55 bits per heavy atom. The van der Waals surface area contributed by atoms with Crippen LogP contribution in [0.3, 0.4) is 0 Å². The molecule has 0 aliphatic carbocycles. The topological polar surface area (TPSA) is 55.5 Å². The van der Waals surface area contributed by atoms with Crippen LogP contribution in [0.25, 0.3) is 23.2 Å². The molecule has 1 saturated heterocycles. The summed E-state index contributed by atoms with van der Waals surface area (Å²) >= 11 is 6.08. The number of benzene rings is 1. The maximum atomic E-state index is 6.08. The number of aliphatic imine (C=N–C) groups is 1. The normalized spacial score (nSPS) is 14.5. The molecular formula is C22H22ClN5O. The van der Waals surface area contributed by atoms with E-state index in [1.54, 1.807) is 6.20 Å².